The minimum Gasteiger partial charge on any atom is -0.490 e. The van der Waals surface area contributed by atoms with Gasteiger partial charge in [-0.3, -0.25) is 4.90 Å². The molecular formula is C21H31NO3. The lowest BCUT2D eigenvalue weighted by Crippen LogP contribution is -2.51. The average molecular weight is 345 g/mol. The first-order chi connectivity index (χ1) is 12.2. The van der Waals surface area contributed by atoms with Crippen molar-refractivity contribution in [3.8, 4) is 5.75 Å². The van der Waals surface area contributed by atoms with Crippen LogP contribution in [0.3, 0.4) is 0 Å². The fourth-order valence-corrected chi connectivity index (χ4v) is 5.11. The molecular weight excluding hydrogens is 314 g/mol. The van der Waals surface area contributed by atoms with Crippen molar-refractivity contribution in [2.24, 2.45) is 0 Å². The highest BCUT2D eigenvalue weighted by Crippen LogP contribution is 2.43. The van der Waals surface area contributed by atoms with Gasteiger partial charge in [0.25, 0.3) is 0 Å². The molecule has 4 heteroatoms. The Morgan fingerprint density at radius 2 is 1.96 bits per heavy atom. The van der Waals surface area contributed by atoms with Crippen molar-refractivity contribution in [2.75, 3.05) is 13.7 Å². The molecule has 3 atom stereocenters. The molecule has 1 aromatic carbocycles. The summed E-state index contributed by atoms with van der Waals surface area (Å²) < 4.78 is 12.3. The molecule has 25 heavy (non-hydrogen) atoms. The quantitative estimate of drug-likeness (QED) is 0.887. The van der Waals surface area contributed by atoms with Crippen LogP contribution in [0.4, 0.5) is 0 Å². The van der Waals surface area contributed by atoms with Gasteiger partial charge in [0, 0.05) is 31.8 Å². The maximum absolute atomic E-state index is 10.2. The van der Waals surface area contributed by atoms with E-state index in [4.69, 9.17) is 9.47 Å². The number of hydrogen-bond donors (Lipinski definition) is 1. The minimum atomic E-state index is -0.196. The molecule has 0 spiro atoms. The van der Waals surface area contributed by atoms with E-state index < -0.39 is 0 Å². The molecule has 0 unspecified atom stereocenters. The Balaban J connectivity index is 1.50. The highest BCUT2D eigenvalue weighted by atomic mass is 16.5. The standard InChI is InChI=1S/C21H31NO3/c1-24-21-11-10-17(23)14-20(21)22(13-12-21)15-16-6-2-5-9-19(16)25-18-7-3-4-8-18/h2,5-6,9,17-18,20,23H,3-4,7-8,10-15H2,1H3/t17-,20+,21-/m1/s1. The molecule has 0 amide bonds. The highest BCUT2D eigenvalue weighted by molar-refractivity contribution is 5.34. The van der Waals surface area contributed by atoms with E-state index in [-0.39, 0.29) is 11.7 Å². The number of nitrogens with zero attached hydrogens (tertiary/aromatic N) is 1. The number of fused-ring (bicyclic) bond motifs is 1. The van der Waals surface area contributed by atoms with Gasteiger partial charge in [0.1, 0.15) is 5.75 Å². The summed E-state index contributed by atoms with van der Waals surface area (Å²) in [5, 5.41) is 10.2. The Morgan fingerprint density at radius 3 is 2.76 bits per heavy atom. The van der Waals surface area contributed by atoms with E-state index >= 15 is 0 Å². The lowest BCUT2D eigenvalue weighted by atomic mass is 9.79. The Kier molecular flexibility index (Phi) is 5.03. The van der Waals surface area contributed by atoms with E-state index in [1.54, 1.807) is 0 Å². The van der Waals surface area contributed by atoms with Crippen LogP contribution in [0.5, 0.6) is 5.75 Å². The Bertz CT molecular complexity index is 586. The molecule has 0 radical (unpaired) electrons. The lowest BCUT2D eigenvalue weighted by Gasteiger charge is -2.42. The Labute approximate surface area is 151 Å². The summed E-state index contributed by atoms with van der Waals surface area (Å²) >= 11 is 0. The van der Waals surface area contributed by atoms with Crippen molar-refractivity contribution in [1.29, 1.82) is 0 Å². The molecule has 0 aromatic heterocycles. The molecule has 4 nitrogen and oxygen atoms in total. The molecule has 1 aromatic rings. The van der Waals surface area contributed by atoms with Gasteiger partial charge in [-0.15, -0.1) is 0 Å². The normalized spacial score (nSPS) is 33.5. The Morgan fingerprint density at radius 1 is 1.16 bits per heavy atom. The zero-order valence-corrected chi connectivity index (χ0v) is 15.3. The third-order valence-electron chi connectivity index (χ3n) is 6.61. The number of methoxy groups -OCH3 is 1. The maximum Gasteiger partial charge on any atom is 0.124 e. The number of para-hydroxylation sites is 1. The molecule has 0 bridgehead atoms. The molecule has 1 aliphatic heterocycles. The number of likely N-dealkylation sites (tertiary alicyclic amines) is 1. The van der Waals surface area contributed by atoms with Crippen LogP contribution in [0.25, 0.3) is 0 Å². The van der Waals surface area contributed by atoms with Crippen LogP contribution >= 0.6 is 0 Å². The van der Waals surface area contributed by atoms with Crippen LogP contribution in [0.2, 0.25) is 0 Å². The molecule has 1 saturated heterocycles. The minimum absolute atomic E-state index is 0.0690. The van der Waals surface area contributed by atoms with Gasteiger partial charge < -0.3 is 14.6 Å². The summed E-state index contributed by atoms with van der Waals surface area (Å²) in [5.74, 6) is 1.04. The average Bonchev–Trinajstić information content (AvgIpc) is 3.26. The van der Waals surface area contributed by atoms with Crippen LogP contribution in [-0.2, 0) is 11.3 Å². The van der Waals surface area contributed by atoms with Gasteiger partial charge in [0.15, 0.2) is 0 Å². The highest BCUT2D eigenvalue weighted by Gasteiger charge is 2.50. The number of hydrogen-bond acceptors (Lipinski definition) is 4. The SMILES string of the molecule is CO[C@@]12CC[C@@H](O)C[C@@H]1N(Cc1ccccc1OC1CCCC1)CC2. The van der Waals surface area contributed by atoms with Gasteiger partial charge in [0.2, 0.25) is 0 Å². The van der Waals surface area contributed by atoms with E-state index in [1.165, 1.54) is 31.2 Å². The van der Waals surface area contributed by atoms with Crippen molar-refractivity contribution in [2.45, 2.75) is 81.8 Å². The lowest BCUT2D eigenvalue weighted by molar-refractivity contribution is -0.0880. The molecule has 3 fully saturated rings. The predicted molar refractivity (Wildman–Crippen MR) is 97.7 cm³/mol. The van der Waals surface area contributed by atoms with Gasteiger partial charge in [-0.1, -0.05) is 18.2 Å². The van der Waals surface area contributed by atoms with Crippen LogP contribution < -0.4 is 4.74 Å². The largest absolute Gasteiger partial charge is 0.490 e. The van der Waals surface area contributed by atoms with Crippen molar-refractivity contribution < 1.29 is 14.6 Å². The summed E-state index contributed by atoms with van der Waals surface area (Å²) in [6, 6.07) is 8.79. The van der Waals surface area contributed by atoms with Crippen LogP contribution in [0.1, 0.15) is 56.9 Å². The van der Waals surface area contributed by atoms with Gasteiger partial charge in [-0.05, 0) is 57.4 Å². The van der Waals surface area contributed by atoms with E-state index in [2.05, 4.69) is 29.2 Å². The first-order valence-corrected chi connectivity index (χ1v) is 9.92. The van der Waals surface area contributed by atoms with Gasteiger partial charge in [-0.25, -0.2) is 0 Å². The van der Waals surface area contributed by atoms with Crippen LogP contribution in [0, 0.1) is 0 Å². The number of aliphatic hydroxyl groups excluding tert-OH is 1. The predicted octanol–water partition coefficient (Wildman–Crippen LogP) is 3.51. The maximum atomic E-state index is 10.2. The fourth-order valence-electron chi connectivity index (χ4n) is 5.11. The van der Waals surface area contributed by atoms with Crippen molar-refractivity contribution in [3.63, 3.8) is 0 Å². The first kappa shape index (κ1) is 17.3. The number of rotatable bonds is 5. The number of benzene rings is 1. The van der Waals surface area contributed by atoms with Gasteiger partial charge in [0.05, 0.1) is 17.8 Å². The number of ether oxygens (including phenoxy) is 2. The van der Waals surface area contributed by atoms with E-state index in [0.29, 0.717) is 12.1 Å². The number of aliphatic hydroxyl groups is 1. The monoisotopic (exact) mass is 345 g/mol. The molecule has 2 aliphatic carbocycles. The van der Waals surface area contributed by atoms with E-state index in [1.807, 2.05) is 7.11 Å². The smallest absolute Gasteiger partial charge is 0.124 e. The van der Waals surface area contributed by atoms with Crippen LogP contribution in [-0.4, -0.2) is 47.5 Å². The molecule has 1 N–H and O–H groups in total. The first-order valence-electron chi connectivity index (χ1n) is 9.92. The molecule has 2 saturated carbocycles. The van der Waals surface area contributed by atoms with Crippen LogP contribution in [0.15, 0.2) is 24.3 Å². The topological polar surface area (TPSA) is 41.9 Å². The van der Waals surface area contributed by atoms with Crippen molar-refractivity contribution in [1.82, 2.24) is 4.90 Å². The van der Waals surface area contributed by atoms with Gasteiger partial charge >= 0.3 is 0 Å². The second kappa shape index (κ2) is 7.26. The Hall–Kier alpha value is -1.10. The summed E-state index contributed by atoms with van der Waals surface area (Å²) in [4.78, 5) is 2.50. The second-order valence-corrected chi connectivity index (χ2v) is 8.07. The van der Waals surface area contributed by atoms with Gasteiger partial charge in [-0.2, -0.15) is 0 Å². The third kappa shape index (κ3) is 3.44. The molecule has 3 aliphatic rings. The summed E-state index contributed by atoms with van der Waals surface area (Å²) in [6.45, 7) is 1.91. The third-order valence-corrected chi connectivity index (χ3v) is 6.61. The summed E-state index contributed by atoms with van der Waals surface area (Å²) in [7, 11) is 1.84. The van der Waals surface area contributed by atoms with Crippen molar-refractivity contribution in [3.05, 3.63) is 29.8 Å². The molecule has 1 heterocycles. The fraction of sp³-hybridized carbons (Fsp3) is 0.714. The zero-order valence-electron chi connectivity index (χ0n) is 15.3. The molecule has 4 rings (SSSR count). The van der Waals surface area contributed by atoms with E-state index in [9.17, 15) is 5.11 Å². The summed E-state index contributed by atoms with van der Waals surface area (Å²) in [5.41, 5.74) is 1.20. The second-order valence-electron chi connectivity index (χ2n) is 8.07. The van der Waals surface area contributed by atoms with E-state index in [0.717, 1.165) is 44.5 Å². The van der Waals surface area contributed by atoms with Crippen molar-refractivity contribution >= 4 is 0 Å². The molecule has 138 valence electrons. The zero-order chi connectivity index (χ0) is 17.3. The summed E-state index contributed by atoms with van der Waals surface area (Å²) in [6.07, 6.45) is 8.83.